The van der Waals surface area contributed by atoms with Gasteiger partial charge in [-0.05, 0) is 36.2 Å². The third kappa shape index (κ3) is 4.52. The Labute approximate surface area is 132 Å². The molecule has 2 aromatic carbocycles. The summed E-state index contributed by atoms with van der Waals surface area (Å²) in [6.07, 6.45) is 0.366. The predicted octanol–water partition coefficient (Wildman–Crippen LogP) is 2.43. The molecule has 2 rings (SSSR count). The Morgan fingerprint density at radius 2 is 1.65 bits per heavy atom. The zero-order valence-electron chi connectivity index (χ0n) is 12.5. The molecule has 2 N–H and O–H groups in total. The first kappa shape index (κ1) is 16.4. The van der Waals surface area contributed by atoms with Gasteiger partial charge in [0.15, 0.2) is 0 Å². The minimum absolute atomic E-state index is 0.00416. The molecule has 0 saturated heterocycles. The summed E-state index contributed by atoms with van der Waals surface area (Å²) in [5, 5.41) is 10.6. The van der Waals surface area contributed by atoms with Crippen LogP contribution < -0.4 is 10.5 Å². The molecule has 23 heavy (non-hydrogen) atoms. The second kappa shape index (κ2) is 7.37. The van der Waals surface area contributed by atoms with Crippen molar-refractivity contribution in [2.75, 3.05) is 7.11 Å². The minimum Gasteiger partial charge on any atom is -0.468 e. The fourth-order valence-electron chi connectivity index (χ4n) is 1.95. The summed E-state index contributed by atoms with van der Waals surface area (Å²) in [5.41, 5.74) is 6.58. The standard InChI is InChI=1S/C16H16N2O5/c1-22-16(19)15(17)10-11-2-6-13(7-3-11)23-14-8-4-12(5-9-14)18(20)21/h2-9,15H,10,17H2,1H3/t15-/m0/s1. The molecule has 1 atom stereocenters. The number of benzene rings is 2. The molecule has 2 aromatic rings. The van der Waals surface area contributed by atoms with Gasteiger partial charge in [-0.1, -0.05) is 12.1 Å². The fraction of sp³-hybridized carbons (Fsp3) is 0.188. The van der Waals surface area contributed by atoms with Crippen molar-refractivity contribution in [1.82, 2.24) is 0 Å². The number of hydrogen-bond donors (Lipinski definition) is 1. The summed E-state index contributed by atoms with van der Waals surface area (Å²) in [6.45, 7) is 0. The first-order valence-electron chi connectivity index (χ1n) is 6.84. The largest absolute Gasteiger partial charge is 0.468 e. The van der Waals surface area contributed by atoms with Crippen LogP contribution >= 0.6 is 0 Å². The van der Waals surface area contributed by atoms with Gasteiger partial charge in [0, 0.05) is 12.1 Å². The third-order valence-electron chi connectivity index (χ3n) is 3.17. The van der Waals surface area contributed by atoms with Crippen LogP contribution in [-0.2, 0) is 16.0 Å². The number of carbonyl (C=O) groups is 1. The molecule has 0 amide bonds. The molecule has 0 aromatic heterocycles. The van der Waals surface area contributed by atoms with Crippen LogP contribution in [0.2, 0.25) is 0 Å². The third-order valence-corrected chi connectivity index (χ3v) is 3.17. The molecule has 0 unspecified atom stereocenters. The monoisotopic (exact) mass is 316 g/mol. The number of nitro benzene ring substituents is 1. The maximum atomic E-state index is 11.3. The van der Waals surface area contributed by atoms with Gasteiger partial charge in [0.2, 0.25) is 0 Å². The Hall–Kier alpha value is -2.93. The van der Waals surface area contributed by atoms with E-state index < -0.39 is 16.9 Å². The number of esters is 1. The first-order valence-corrected chi connectivity index (χ1v) is 6.84. The van der Waals surface area contributed by atoms with Crippen molar-refractivity contribution < 1.29 is 19.2 Å². The van der Waals surface area contributed by atoms with Crippen LogP contribution in [0.15, 0.2) is 48.5 Å². The van der Waals surface area contributed by atoms with Crippen molar-refractivity contribution in [2.24, 2.45) is 5.73 Å². The van der Waals surface area contributed by atoms with Gasteiger partial charge in [-0.25, -0.2) is 0 Å². The van der Waals surface area contributed by atoms with Gasteiger partial charge in [0.05, 0.1) is 12.0 Å². The molecule has 7 nitrogen and oxygen atoms in total. The molecule has 0 fully saturated rings. The highest BCUT2D eigenvalue weighted by Gasteiger charge is 2.14. The Bertz CT molecular complexity index is 683. The van der Waals surface area contributed by atoms with Crippen molar-refractivity contribution in [3.05, 3.63) is 64.2 Å². The van der Waals surface area contributed by atoms with Gasteiger partial charge < -0.3 is 15.2 Å². The molecule has 120 valence electrons. The van der Waals surface area contributed by atoms with E-state index in [-0.39, 0.29) is 5.69 Å². The van der Waals surface area contributed by atoms with Gasteiger partial charge in [-0.3, -0.25) is 14.9 Å². The second-order valence-corrected chi connectivity index (χ2v) is 4.83. The average Bonchev–Trinajstić information content (AvgIpc) is 2.56. The Morgan fingerprint density at radius 3 is 2.13 bits per heavy atom. The molecule has 0 bridgehead atoms. The Balaban J connectivity index is 1.99. The van der Waals surface area contributed by atoms with Gasteiger partial charge >= 0.3 is 5.97 Å². The Morgan fingerprint density at radius 1 is 1.13 bits per heavy atom. The lowest BCUT2D eigenvalue weighted by Crippen LogP contribution is -2.33. The fourth-order valence-corrected chi connectivity index (χ4v) is 1.95. The van der Waals surface area contributed by atoms with E-state index in [9.17, 15) is 14.9 Å². The van der Waals surface area contributed by atoms with Crippen LogP contribution in [-0.4, -0.2) is 24.0 Å². The van der Waals surface area contributed by atoms with E-state index in [1.165, 1.54) is 31.4 Å². The molecule has 0 radical (unpaired) electrons. The van der Waals surface area contributed by atoms with Crippen molar-refractivity contribution >= 4 is 11.7 Å². The van der Waals surface area contributed by atoms with E-state index in [0.717, 1.165) is 5.56 Å². The van der Waals surface area contributed by atoms with E-state index in [1.807, 2.05) is 0 Å². The van der Waals surface area contributed by atoms with E-state index in [1.54, 1.807) is 24.3 Å². The van der Waals surface area contributed by atoms with E-state index in [2.05, 4.69) is 4.74 Å². The normalized spacial score (nSPS) is 11.6. The van der Waals surface area contributed by atoms with Crippen molar-refractivity contribution in [3.63, 3.8) is 0 Å². The summed E-state index contributed by atoms with van der Waals surface area (Å²) in [4.78, 5) is 21.4. The summed E-state index contributed by atoms with van der Waals surface area (Å²) in [7, 11) is 1.29. The van der Waals surface area contributed by atoms with Gasteiger partial charge in [-0.2, -0.15) is 0 Å². The predicted molar refractivity (Wildman–Crippen MR) is 83.3 cm³/mol. The SMILES string of the molecule is COC(=O)[C@@H](N)Cc1ccc(Oc2ccc([N+](=O)[O-])cc2)cc1. The lowest BCUT2D eigenvalue weighted by Gasteiger charge is -2.10. The van der Waals surface area contributed by atoms with Gasteiger partial charge in [0.1, 0.15) is 17.5 Å². The van der Waals surface area contributed by atoms with Crippen LogP contribution in [0.25, 0.3) is 0 Å². The van der Waals surface area contributed by atoms with E-state index >= 15 is 0 Å². The maximum absolute atomic E-state index is 11.3. The first-order chi connectivity index (χ1) is 11.0. The zero-order chi connectivity index (χ0) is 16.8. The molecule has 0 heterocycles. The van der Waals surface area contributed by atoms with Crippen molar-refractivity contribution in [2.45, 2.75) is 12.5 Å². The summed E-state index contributed by atoms with van der Waals surface area (Å²) in [5.74, 6) is 0.611. The number of non-ortho nitro benzene ring substituents is 1. The van der Waals surface area contributed by atoms with Crippen LogP contribution in [0.3, 0.4) is 0 Å². The number of rotatable bonds is 6. The quantitative estimate of drug-likeness (QED) is 0.498. The number of ether oxygens (including phenoxy) is 2. The highest BCUT2D eigenvalue weighted by Crippen LogP contribution is 2.24. The molecule has 0 saturated carbocycles. The minimum atomic E-state index is -0.707. The zero-order valence-corrected chi connectivity index (χ0v) is 12.5. The summed E-state index contributed by atoms with van der Waals surface area (Å²) >= 11 is 0. The van der Waals surface area contributed by atoms with Gasteiger partial charge in [0.25, 0.3) is 5.69 Å². The van der Waals surface area contributed by atoms with Crippen molar-refractivity contribution in [1.29, 1.82) is 0 Å². The average molecular weight is 316 g/mol. The summed E-state index contributed by atoms with van der Waals surface area (Å²) in [6, 6.07) is 12.2. The highest BCUT2D eigenvalue weighted by molar-refractivity contribution is 5.75. The number of nitro groups is 1. The number of carbonyl (C=O) groups excluding carboxylic acids is 1. The lowest BCUT2D eigenvalue weighted by atomic mass is 10.1. The number of methoxy groups -OCH3 is 1. The van der Waals surface area contributed by atoms with Crippen molar-refractivity contribution in [3.8, 4) is 11.5 Å². The topological polar surface area (TPSA) is 105 Å². The second-order valence-electron chi connectivity index (χ2n) is 4.83. The molecular formula is C16H16N2O5. The molecule has 0 aliphatic carbocycles. The summed E-state index contributed by atoms with van der Waals surface area (Å²) < 4.78 is 10.2. The molecular weight excluding hydrogens is 300 g/mol. The molecule has 0 aliphatic heterocycles. The van der Waals surface area contributed by atoms with Crippen LogP contribution in [0.5, 0.6) is 11.5 Å². The van der Waals surface area contributed by atoms with Crippen LogP contribution in [0.4, 0.5) is 5.69 Å². The van der Waals surface area contributed by atoms with Gasteiger partial charge in [-0.15, -0.1) is 0 Å². The van der Waals surface area contributed by atoms with Crippen LogP contribution in [0.1, 0.15) is 5.56 Å². The lowest BCUT2D eigenvalue weighted by molar-refractivity contribution is -0.384. The molecule has 7 heteroatoms. The smallest absolute Gasteiger partial charge is 0.322 e. The number of nitrogens with zero attached hydrogens (tertiary/aromatic N) is 1. The maximum Gasteiger partial charge on any atom is 0.322 e. The molecule has 0 spiro atoms. The van der Waals surface area contributed by atoms with Crippen LogP contribution in [0, 0.1) is 10.1 Å². The van der Waals surface area contributed by atoms with E-state index in [4.69, 9.17) is 10.5 Å². The highest BCUT2D eigenvalue weighted by atomic mass is 16.6. The molecule has 0 aliphatic rings. The number of hydrogen-bond acceptors (Lipinski definition) is 6. The number of nitrogens with two attached hydrogens (primary N) is 1. The van der Waals surface area contributed by atoms with E-state index in [0.29, 0.717) is 17.9 Å². The Kier molecular flexibility index (Phi) is 5.27.